The molecule has 0 amide bonds. The molecule has 4 aromatic rings. The number of para-hydroxylation sites is 1. The Hall–Kier alpha value is -3.39. The summed E-state index contributed by atoms with van der Waals surface area (Å²) in [6.07, 6.45) is 7.55. The first-order valence-corrected chi connectivity index (χ1v) is 8.83. The van der Waals surface area contributed by atoms with Crippen LogP contribution in [0, 0.1) is 0 Å². The lowest BCUT2D eigenvalue weighted by Gasteiger charge is -2.07. The summed E-state index contributed by atoms with van der Waals surface area (Å²) >= 11 is 0. The van der Waals surface area contributed by atoms with E-state index in [4.69, 9.17) is 0 Å². The van der Waals surface area contributed by atoms with Crippen molar-refractivity contribution in [3.63, 3.8) is 0 Å². The molecule has 0 N–H and O–H groups in total. The van der Waals surface area contributed by atoms with E-state index in [1.807, 2.05) is 53.1 Å². The summed E-state index contributed by atoms with van der Waals surface area (Å²) in [4.78, 5) is 13.2. The molecule has 0 saturated carbocycles. The van der Waals surface area contributed by atoms with Crippen LogP contribution in [0.2, 0.25) is 0 Å². The molecule has 0 fully saturated rings. The average molecular weight is 335 g/mol. The Kier molecular flexibility index (Phi) is 3.36. The van der Waals surface area contributed by atoms with E-state index in [1.54, 1.807) is 0 Å². The Morgan fingerprint density at radius 3 is 2.38 bits per heavy atom. The van der Waals surface area contributed by atoms with E-state index in [2.05, 4.69) is 42.5 Å². The number of carbonyl (C=O) groups is 1. The molecule has 0 spiro atoms. The maximum atomic E-state index is 13.2. The van der Waals surface area contributed by atoms with Crippen molar-refractivity contribution in [1.82, 2.24) is 4.57 Å². The van der Waals surface area contributed by atoms with Crippen molar-refractivity contribution in [3.05, 3.63) is 102 Å². The van der Waals surface area contributed by atoms with Crippen molar-refractivity contribution in [3.8, 4) is 0 Å². The first-order valence-electron chi connectivity index (χ1n) is 8.83. The fraction of sp³-hybridized carbons (Fsp3) is 0.0417. The van der Waals surface area contributed by atoms with Gasteiger partial charge < -0.3 is 0 Å². The third kappa shape index (κ3) is 2.23. The Morgan fingerprint density at radius 2 is 1.58 bits per heavy atom. The lowest BCUT2D eigenvalue weighted by molar-refractivity contribution is 0.0969. The van der Waals surface area contributed by atoms with E-state index in [0.29, 0.717) is 5.56 Å². The fourth-order valence-electron chi connectivity index (χ4n) is 3.75. The van der Waals surface area contributed by atoms with Crippen LogP contribution in [0.1, 0.15) is 22.3 Å². The number of hydrogen-bond acceptors (Lipinski definition) is 1. The second-order valence-corrected chi connectivity index (χ2v) is 6.55. The largest absolute Gasteiger partial charge is 0.276 e. The molecule has 3 aromatic carbocycles. The topological polar surface area (TPSA) is 22.0 Å². The number of aromatic nitrogens is 1. The van der Waals surface area contributed by atoms with Gasteiger partial charge in [0.2, 0.25) is 0 Å². The van der Waals surface area contributed by atoms with E-state index >= 15 is 0 Å². The molecule has 1 aromatic heterocycles. The highest BCUT2D eigenvalue weighted by Crippen LogP contribution is 2.33. The van der Waals surface area contributed by atoms with Crippen molar-refractivity contribution in [1.29, 1.82) is 0 Å². The van der Waals surface area contributed by atoms with Crippen molar-refractivity contribution in [2.45, 2.75) is 6.42 Å². The standard InChI is InChI=1S/C24H17NO/c26-24(18-10-2-1-3-11-18)25-22-13-7-6-12-20(22)21-16-19(14-15-23(21)25)17-8-4-5-9-17/h1-4,6-16H,5H2. The van der Waals surface area contributed by atoms with Crippen molar-refractivity contribution in [2.24, 2.45) is 0 Å². The van der Waals surface area contributed by atoms with Gasteiger partial charge in [-0.05, 0) is 47.9 Å². The Bertz CT molecular complexity index is 1210. The molecule has 1 aliphatic carbocycles. The lowest BCUT2D eigenvalue weighted by Crippen LogP contribution is -2.11. The van der Waals surface area contributed by atoms with Gasteiger partial charge in [0, 0.05) is 16.3 Å². The van der Waals surface area contributed by atoms with Gasteiger partial charge in [0.25, 0.3) is 5.91 Å². The third-order valence-electron chi connectivity index (χ3n) is 5.00. The van der Waals surface area contributed by atoms with Crippen LogP contribution in [0.15, 0.2) is 91.0 Å². The number of rotatable bonds is 2. The molecule has 0 unspecified atom stereocenters. The van der Waals surface area contributed by atoms with E-state index in [9.17, 15) is 4.79 Å². The van der Waals surface area contributed by atoms with Crippen LogP contribution in [0.5, 0.6) is 0 Å². The minimum atomic E-state index is 0.00419. The molecule has 0 radical (unpaired) electrons. The van der Waals surface area contributed by atoms with Gasteiger partial charge in [-0.1, -0.05) is 60.7 Å². The number of fused-ring (bicyclic) bond motifs is 3. The average Bonchev–Trinajstić information content (AvgIpc) is 3.34. The Balaban J connectivity index is 1.80. The number of nitrogens with zero attached hydrogens (tertiary/aromatic N) is 1. The zero-order chi connectivity index (χ0) is 17.5. The van der Waals surface area contributed by atoms with Gasteiger partial charge in [-0.15, -0.1) is 0 Å². The van der Waals surface area contributed by atoms with Crippen LogP contribution in [-0.4, -0.2) is 10.5 Å². The third-order valence-corrected chi connectivity index (χ3v) is 5.00. The Morgan fingerprint density at radius 1 is 0.808 bits per heavy atom. The SMILES string of the molecule is O=C(c1ccccc1)n1c2ccccc2c2cc(C3=CCC=C3)ccc21. The molecule has 1 aliphatic rings. The molecular formula is C24H17NO. The summed E-state index contributed by atoms with van der Waals surface area (Å²) in [6, 6.07) is 24.0. The highest BCUT2D eigenvalue weighted by atomic mass is 16.2. The second kappa shape index (κ2) is 5.85. The van der Waals surface area contributed by atoms with E-state index in [1.165, 1.54) is 11.1 Å². The van der Waals surface area contributed by atoms with Gasteiger partial charge in [-0.3, -0.25) is 9.36 Å². The summed E-state index contributed by atoms with van der Waals surface area (Å²) in [7, 11) is 0. The molecular weight excluding hydrogens is 318 g/mol. The molecule has 0 aliphatic heterocycles. The molecule has 26 heavy (non-hydrogen) atoms. The van der Waals surface area contributed by atoms with E-state index in [0.717, 1.165) is 28.2 Å². The molecule has 2 heteroatoms. The summed E-state index contributed by atoms with van der Waals surface area (Å²) in [5.41, 5.74) is 5.04. The zero-order valence-electron chi connectivity index (χ0n) is 14.2. The van der Waals surface area contributed by atoms with Gasteiger partial charge >= 0.3 is 0 Å². The first-order chi connectivity index (χ1) is 12.8. The molecule has 124 valence electrons. The lowest BCUT2D eigenvalue weighted by atomic mass is 10.0. The number of allylic oxidation sites excluding steroid dienone is 4. The number of carbonyl (C=O) groups excluding carboxylic acids is 1. The van der Waals surface area contributed by atoms with Gasteiger partial charge in [0.1, 0.15) is 0 Å². The summed E-state index contributed by atoms with van der Waals surface area (Å²) < 4.78 is 1.84. The van der Waals surface area contributed by atoms with E-state index < -0.39 is 0 Å². The predicted molar refractivity (Wildman–Crippen MR) is 107 cm³/mol. The van der Waals surface area contributed by atoms with Crippen LogP contribution >= 0.6 is 0 Å². The monoisotopic (exact) mass is 335 g/mol. The van der Waals surface area contributed by atoms with Gasteiger partial charge in [-0.25, -0.2) is 0 Å². The summed E-state index contributed by atoms with van der Waals surface area (Å²) in [6.45, 7) is 0. The molecule has 0 atom stereocenters. The van der Waals surface area contributed by atoms with Crippen LogP contribution in [0.4, 0.5) is 0 Å². The highest BCUT2D eigenvalue weighted by Gasteiger charge is 2.17. The van der Waals surface area contributed by atoms with Gasteiger partial charge in [0.05, 0.1) is 11.0 Å². The van der Waals surface area contributed by atoms with Crippen LogP contribution in [0.3, 0.4) is 0 Å². The predicted octanol–water partition coefficient (Wildman–Crippen LogP) is 5.83. The molecule has 1 heterocycles. The summed E-state index contributed by atoms with van der Waals surface area (Å²) in [5.74, 6) is 0.00419. The van der Waals surface area contributed by atoms with Crippen molar-refractivity contribution in [2.75, 3.05) is 0 Å². The van der Waals surface area contributed by atoms with Crippen LogP contribution in [0.25, 0.3) is 27.4 Å². The molecule has 0 saturated heterocycles. The van der Waals surface area contributed by atoms with Gasteiger partial charge in [0.15, 0.2) is 0 Å². The maximum Gasteiger partial charge on any atom is 0.262 e. The normalized spacial score (nSPS) is 13.5. The number of hydrogen-bond donors (Lipinski definition) is 0. The quantitative estimate of drug-likeness (QED) is 0.452. The fourth-order valence-corrected chi connectivity index (χ4v) is 3.75. The molecule has 2 nitrogen and oxygen atoms in total. The maximum absolute atomic E-state index is 13.2. The van der Waals surface area contributed by atoms with Crippen LogP contribution < -0.4 is 0 Å². The van der Waals surface area contributed by atoms with Gasteiger partial charge in [-0.2, -0.15) is 0 Å². The summed E-state index contributed by atoms with van der Waals surface area (Å²) in [5, 5.41) is 2.22. The van der Waals surface area contributed by atoms with Crippen molar-refractivity contribution >= 4 is 33.3 Å². The smallest absolute Gasteiger partial charge is 0.262 e. The zero-order valence-corrected chi connectivity index (χ0v) is 14.2. The molecule has 5 rings (SSSR count). The van der Waals surface area contributed by atoms with Crippen molar-refractivity contribution < 1.29 is 4.79 Å². The highest BCUT2D eigenvalue weighted by molar-refractivity contribution is 6.16. The van der Waals surface area contributed by atoms with E-state index in [-0.39, 0.29) is 5.91 Å². The minimum absolute atomic E-state index is 0.00419. The molecule has 0 bridgehead atoms. The Labute approximate surface area is 151 Å². The minimum Gasteiger partial charge on any atom is -0.276 e. The first kappa shape index (κ1) is 14.9. The number of benzene rings is 3. The second-order valence-electron chi connectivity index (χ2n) is 6.55. The van der Waals surface area contributed by atoms with Crippen LogP contribution in [-0.2, 0) is 0 Å².